The van der Waals surface area contributed by atoms with Crippen molar-refractivity contribution < 1.29 is 13.7 Å². The summed E-state index contributed by atoms with van der Waals surface area (Å²) >= 11 is 3.21. The molecule has 0 saturated heterocycles. The third-order valence-corrected chi connectivity index (χ3v) is 3.05. The quantitative estimate of drug-likeness (QED) is 0.667. The van der Waals surface area contributed by atoms with Gasteiger partial charge in [0.25, 0.3) is 5.69 Å². The molecule has 0 bridgehead atoms. The zero-order valence-electron chi connectivity index (χ0n) is 10.1. The molecule has 0 fully saturated rings. The summed E-state index contributed by atoms with van der Waals surface area (Å²) < 4.78 is 26.7. The molecule has 0 saturated carbocycles. The highest BCUT2D eigenvalue weighted by molar-refractivity contribution is 9.10. The third-order valence-electron chi connectivity index (χ3n) is 2.56. The van der Waals surface area contributed by atoms with Crippen LogP contribution in [-0.2, 0) is 6.54 Å². The fourth-order valence-corrected chi connectivity index (χ4v) is 2.08. The van der Waals surface area contributed by atoms with Crippen molar-refractivity contribution in [2.75, 3.05) is 5.32 Å². The number of nitrogens with one attached hydrogen (secondary N) is 1. The molecule has 1 N–H and O–H groups in total. The molecule has 0 radical (unpaired) electrons. The number of halogens is 3. The number of nitrogens with zero attached hydrogens (tertiary/aromatic N) is 1. The van der Waals surface area contributed by atoms with Crippen LogP contribution < -0.4 is 5.32 Å². The first-order chi connectivity index (χ1) is 9.45. The molecule has 0 heterocycles. The van der Waals surface area contributed by atoms with E-state index in [0.29, 0.717) is 10.0 Å². The molecule has 0 aliphatic carbocycles. The first-order valence-electron chi connectivity index (χ1n) is 5.58. The zero-order valence-corrected chi connectivity index (χ0v) is 11.7. The standard InChI is InChI=1S/C13H9BrF2N2O2/c14-9-1-2-13(18(19)20)12(5-9)17-7-8-3-10(15)6-11(16)4-8/h1-6,17H,7H2. The van der Waals surface area contributed by atoms with E-state index in [1.54, 1.807) is 6.07 Å². The Hall–Kier alpha value is -2.02. The summed E-state index contributed by atoms with van der Waals surface area (Å²) in [6.07, 6.45) is 0. The minimum absolute atomic E-state index is 0.0754. The second-order valence-electron chi connectivity index (χ2n) is 4.05. The Morgan fingerprint density at radius 3 is 2.40 bits per heavy atom. The maximum Gasteiger partial charge on any atom is 0.292 e. The van der Waals surface area contributed by atoms with E-state index in [9.17, 15) is 18.9 Å². The van der Waals surface area contributed by atoms with Gasteiger partial charge in [-0.3, -0.25) is 10.1 Å². The fraction of sp³-hybridized carbons (Fsp3) is 0.0769. The van der Waals surface area contributed by atoms with Gasteiger partial charge in [-0.2, -0.15) is 0 Å². The molecule has 0 aromatic heterocycles. The van der Waals surface area contributed by atoms with Crippen molar-refractivity contribution in [1.29, 1.82) is 0 Å². The summed E-state index contributed by atoms with van der Waals surface area (Å²) in [6.45, 7) is 0.0754. The molecule has 104 valence electrons. The van der Waals surface area contributed by atoms with Crippen molar-refractivity contribution >= 4 is 27.3 Å². The average Bonchev–Trinajstić information content (AvgIpc) is 2.35. The molecule has 0 aliphatic rings. The van der Waals surface area contributed by atoms with Crippen LogP contribution in [0.5, 0.6) is 0 Å². The predicted octanol–water partition coefficient (Wildman–Crippen LogP) is 4.25. The van der Waals surface area contributed by atoms with Gasteiger partial charge in [0.15, 0.2) is 0 Å². The lowest BCUT2D eigenvalue weighted by Crippen LogP contribution is -2.03. The highest BCUT2D eigenvalue weighted by Gasteiger charge is 2.13. The summed E-state index contributed by atoms with van der Waals surface area (Å²) in [5.41, 5.74) is 0.524. The van der Waals surface area contributed by atoms with E-state index in [4.69, 9.17) is 0 Å². The SMILES string of the molecule is O=[N+]([O-])c1ccc(Br)cc1NCc1cc(F)cc(F)c1. The summed E-state index contributed by atoms with van der Waals surface area (Å²) in [5.74, 6) is -1.38. The van der Waals surface area contributed by atoms with E-state index in [1.165, 1.54) is 24.3 Å². The Bertz CT molecular complexity index is 645. The monoisotopic (exact) mass is 342 g/mol. The van der Waals surface area contributed by atoms with Crippen LogP contribution in [0.25, 0.3) is 0 Å². The third kappa shape index (κ3) is 3.51. The van der Waals surface area contributed by atoms with Crippen molar-refractivity contribution in [1.82, 2.24) is 0 Å². The van der Waals surface area contributed by atoms with Crippen molar-refractivity contribution in [3.8, 4) is 0 Å². The number of anilines is 1. The highest BCUT2D eigenvalue weighted by atomic mass is 79.9. The van der Waals surface area contributed by atoms with Crippen molar-refractivity contribution in [2.45, 2.75) is 6.54 Å². The lowest BCUT2D eigenvalue weighted by Gasteiger charge is -2.08. The first kappa shape index (κ1) is 14.4. The number of nitro benzene ring substituents is 1. The van der Waals surface area contributed by atoms with Gasteiger partial charge >= 0.3 is 0 Å². The molecular weight excluding hydrogens is 334 g/mol. The molecule has 4 nitrogen and oxygen atoms in total. The van der Waals surface area contributed by atoms with Gasteiger partial charge in [-0.1, -0.05) is 15.9 Å². The van der Waals surface area contributed by atoms with Crippen LogP contribution in [0.1, 0.15) is 5.56 Å². The van der Waals surface area contributed by atoms with Gasteiger partial charge in [-0.25, -0.2) is 8.78 Å². The number of hydrogen-bond acceptors (Lipinski definition) is 3. The minimum Gasteiger partial charge on any atom is -0.375 e. The molecule has 2 aromatic carbocycles. The molecule has 0 unspecified atom stereocenters. The smallest absolute Gasteiger partial charge is 0.292 e. The molecule has 0 spiro atoms. The van der Waals surface area contributed by atoms with E-state index < -0.39 is 16.6 Å². The van der Waals surface area contributed by atoms with Crippen molar-refractivity contribution in [3.05, 3.63) is 68.2 Å². The van der Waals surface area contributed by atoms with Gasteiger partial charge in [0, 0.05) is 23.2 Å². The normalized spacial score (nSPS) is 10.3. The molecule has 0 aliphatic heterocycles. The number of rotatable bonds is 4. The molecule has 0 atom stereocenters. The molecule has 20 heavy (non-hydrogen) atoms. The number of nitro groups is 1. The molecule has 2 rings (SSSR count). The summed E-state index contributed by atoms with van der Waals surface area (Å²) in [5, 5.41) is 13.7. The van der Waals surface area contributed by atoms with E-state index in [1.807, 2.05) is 0 Å². The molecular formula is C13H9BrF2N2O2. The van der Waals surface area contributed by atoms with E-state index in [-0.39, 0.29) is 17.9 Å². The number of benzene rings is 2. The minimum atomic E-state index is -0.689. The van der Waals surface area contributed by atoms with Crippen LogP contribution in [0.3, 0.4) is 0 Å². The topological polar surface area (TPSA) is 55.2 Å². The lowest BCUT2D eigenvalue weighted by molar-refractivity contribution is -0.384. The molecule has 7 heteroatoms. The predicted molar refractivity (Wildman–Crippen MR) is 74.5 cm³/mol. The summed E-state index contributed by atoms with van der Waals surface area (Å²) in [4.78, 5) is 10.4. The Balaban J connectivity index is 2.22. The van der Waals surface area contributed by atoms with Gasteiger partial charge in [-0.15, -0.1) is 0 Å². The van der Waals surface area contributed by atoms with Crippen LogP contribution in [0.4, 0.5) is 20.2 Å². The highest BCUT2D eigenvalue weighted by Crippen LogP contribution is 2.28. The van der Waals surface area contributed by atoms with Gasteiger partial charge in [0.2, 0.25) is 0 Å². The molecule has 0 amide bonds. The van der Waals surface area contributed by atoms with Crippen LogP contribution in [0.2, 0.25) is 0 Å². The van der Waals surface area contributed by atoms with E-state index >= 15 is 0 Å². The zero-order chi connectivity index (χ0) is 14.7. The fourth-order valence-electron chi connectivity index (χ4n) is 1.72. The maximum atomic E-state index is 13.0. The van der Waals surface area contributed by atoms with Crippen molar-refractivity contribution in [2.24, 2.45) is 0 Å². The second kappa shape index (κ2) is 5.96. The van der Waals surface area contributed by atoms with Crippen LogP contribution in [0, 0.1) is 21.7 Å². The Kier molecular flexibility index (Phi) is 4.29. The van der Waals surface area contributed by atoms with Gasteiger partial charge in [-0.05, 0) is 29.8 Å². The van der Waals surface area contributed by atoms with Crippen molar-refractivity contribution in [3.63, 3.8) is 0 Å². The lowest BCUT2D eigenvalue weighted by atomic mass is 10.2. The Labute approximate surface area is 121 Å². The second-order valence-corrected chi connectivity index (χ2v) is 4.97. The average molecular weight is 343 g/mol. The summed E-state index contributed by atoms with van der Waals surface area (Å²) in [7, 11) is 0. The van der Waals surface area contributed by atoms with E-state index in [0.717, 1.165) is 6.07 Å². The van der Waals surface area contributed by atoms with Crippen LogP contribution >= 0.6 is 15.9 Å². The largest absolute Gasteiger partial charge is 0.375 e. The van der Waals surface area contributed by atoms with Crippen LogP contribution in [0.15, 0.2) is 40.9 Å². The Morgan fingerprint density at radius 2 is 1.80 bits per heavy atom. The van der Waals surface area contributed by atoms with Gasteiger partial charge < -0.3 is 5.32 Å². The maximum absolute atomic E-state index is 13.0. The van der Waals surface area contributed by atoms with Crippen LogP contribution in [-0.4, -0.2) is 4.92 Å². The Morgan fingerprint density at radius 1 is 1.15 bits per heavy atom. The van der Waals surface area contributed by atoms with Gasteiger partial charge in [0.1, 0.15) is 17.3 Å². The van der Waals surface area contributed by atoms with E-state index in [2.05, 4.69) is 21.2 Å². The first-order valence-corrected chi connectivity index (χ1v) is 6.38. The summed E-state index contributed by atoms with van der Waals surface area (Å²) in [6, 6.07) is 7.53. The van der Waals surface area contributed by atoms with Gasteiger partial charge in [0.05, 0.1) is 4.92 Å². The molecule has 2 aromatic rings. The number of hydrogen-bond donors (Lipinski definition) is 1.